The van der Waals surface area contributed by atoms with E-state index >= 15 is 0 Å². The lowest BCUT2D eigenvalue weighted by Crippen LogP contribution is -2.28. The lowest BCUT2D eigenvalue weighted by molar-refractivity contribution is -0.137. The van der Waals surface area contributed by atoms with Gasteiger partial charge >= 0.3 is 5.97 Å². The third-order valence-electron chi connectivity index (χ3n) is 2.14. The quantitative estimate of drug-likeness (QED) is 0.887. The molecule has 0 aliphatic carbocycles. The summed E-state index contributed by atoms with van der Waals surface area (Å²) in [6.45, 7) is 1.77. The summed E-state index contributed by atoms with van der Waals surface area (Å²) in [4.78, 5) is 10.4. The summed E-state index contributed by atoms with van der Waals surface area (Å²) >= 11 is 4.38. The van der Waals surface area contributed by atoms with E-state index in [0.717, 1.165) is 25.0 Å². The summed E-state index contributed by atoms with van der Waals surface area (Å²) in [5.74, 6) is -1.02. The van der Waals surface area contributed by atoms with Crippen LogP contribution in [0.25, 0.3) is 0 Å². The van der Waals surface area contributed by atoms with E-state index in [1.54, 1.807) is 13.0 Å². The van der Waals surface area contributed by atoms with Crippen LogP contribution in [0.15, 0.2) is 14.1 Å². The van der Waals surface area contributed by atoms with Gasteiger partial charge in [0.15, 0.2) is 0 Å². The van der Waals surface area contributed by atoms with Crippen LogP contribution in [0.5, 0.6) is 0 Å². The Balaban J connectivity index is 2.91. The molecular formula is C9H12BrNO4S2. The summed E-state index contributed by atoms with van der Waals surface area (Å²) in [5, 5.41) is 8.52. The van der Waals surface area contributed by atoms with Crippen LogP contribution >= 0.6 is 27.3 Å². The highest BCUT2D eigenvalue weighted by molar-refractivity contribution is 9.11. The average molecular weight is 342 g/mol. The SMILES string of the molecule is Cc1cc(S(=O)(=O)N(C)CCC(=O)O)sc1Br. The van der Waals surface area contributed by atoms with Crippen molar-refractivity contribution in [3.63, 3.8) is 0 Å². The fourth-order valence-electron chi connectivity index (χ4n) is 1.09. The molecule has 1 rings (SSSR count). The summed E-state index contributed by atoms with van der Waals surface area (Å²) in [6.07, 6.45) is -0.207. The fraction of sp³-hybridized carbons (Fsp3) is 0.444. The molecule has 1 N–H and O–H groups in total. The van der Waals surface area contributed by atoms with Crippen molar-refractivity contribution < 1.29 is 18.3 Å². The van der Waals surface area contributed by atoms with E-state index < -0.39 is 16.0 Å². The molecule has 0 aliphatic rings. The van der Waals surface area contributed by atoms with Crippen molar-refractivity contribution in [3.05, 3.63) is 15.4 Å². The number of aliphatic carboxylic acids is 1. The van der Waals surface area contributed by atoms with Crippen molar-refractivity contribution in [2.45, 2.75) is 17.6 Å². The maximum absolute atomic E-state index is 12.0. The van der Waals surface area contributed by atoms with Crippen LogP contribution in [0.3, 0.4) is 0 Å². The van der Waals surface area contributed by atoms with Gasteiger partial charge in [-0.1, -0.05) is 0 Å². The molecule has 5 nitrogen and oxygen atoms in total. The summed E-state index contributed by atoms with van der Waals surface area (Å²) in [7, 11) is -2.20. The summed E-state index contributed by atoms with van der Waals surface area (Å²) in [6, 6.07) is 1.57. The molecule has 0 saturated carbocycles. The van der Waals surface area contributed by atoms with Crippen LogP contribution in [0.1, 0.15) is 12.0 Å². The largest absolute Gasteiger partial charge is 0.481 e. The minimum atomic E-state index is -3.58. The van der Waals surface area contributed by atoms with Gasteiger partial charge in [-0.15, -0.1) is 11.3 Å². The fourth-order valence-corrected chi connectivity index (χ4v) is 4.69. The molecule has 1 aromatic heterocycles. The number of hydrogen-bond donors (Lipinski definition) is 1. The molecule has 0 radical (unpaired) electrons. The van der Waals surface area contributed by atoms with Gasteiger partial charge in [0, 0.05) is 13.6 Å². The molecule has 1 heterocycles. The van der Waals surface area contributed by atoms with Gasteiger partial charge in [-0.05, 0) is 34.5 Å². The van der Waals surface area contributed by atoms with Crippen molar-refractivity contribution in [1.82, 2.24) is 4.31 Å². The van der Waals surface area contributed by atoms with E-state index in [4.69, 9.17) is 5.11 Å². The number of rotatable bonds is 5. The van der Waals surface area contributed by atoms with Crippen molar-refractivity contribution in [2.24, 2.45) is 0 Å². The smallest absolute Gasteiger partial charge is 0.304 e. The zero-order chi connectivity index (χ0) is 13.2. The van der Waals surface area contributed by atoms with E-state index in [9.17, 15) is 13.2 Å². The molecule has 0 aromatic carbocycles. The third-order valence-corrected chi connectivity index (χ3v) is 6.58. The molecule has 0 aliphatic heterocycles. The molecule has 0 amide bonds. The highest BCUT2D eigenvalue weighted by atomic mass is 79.9. The number of aryl methyl sites for hydroxylation is 1. The maximum Gasteiger partial charge on any atom is 0.304 e. The topological polar surface area (TPSA) is 74.7 Å². The molecular weight excluding hydrogens is 330 g/mol. The minimum absolute atomic E-state index is 0.0355. The van der Waals surface area contributed by atoms with Gasteiger partial charge in [0.1, 0.15) is 4.21 Å². The van der Waals surface area contributed by atoms with Gasteiger partial charge in [0.05, 0.1) is 10.2 Å². The molecule has 0 unspecified atom stereocenters. The number of carboxylic acid groups (broad SMARTS) is 1. The number of sulfonamides is 1. The van der Waals surface area contributed by atoms with E-state index in [-0.39, 0.29) is 17.2 Å². The normalized spacial score (nSPS) is 12.0. The third kappa shape index (κ3) is 3.51. The number of hydrogen-bond acceptors (Lipinski definition) is 4. The molecule has 0 fully saturated rings. The first-order chi connectivity index (χ1) is 7.75. The lowest BCUT2D eigenvalue weighted by Gasteiger charge is -2.14. The molecule has 17 heavy (non-hydrogen) atoms. The second kappa shape index (κ2) is 5.47. The lowest BCUT2D eigenvalue weighted by atomic mass is 10.4. The van der Waals surface area contributed by atoms with Crippen LogP contribution in [-0.2, 0) is 14.8 Å². The van der Waals surface area contributed by atoms with E-state index in [1.165, 1.54) is 7.05 Å². The average Bonchev–Trinajstić information content (AvgIpc) is 2.56. The Bertz CT molecular complexity index is 504. The molecule has 8 heteroatoms. The van der Waals surface area contributed by atoms with Gasteiger partial charge in [0.25, 0.3) is 10.0 Å². The summed E-state index contributed by atoms with van der Waals surface area (Å²) < 4.78 is 26.1. The monoisotopic (exact) mass is 341 g/mol. The van der Waals surface area contributed by atoms with E-state index in [0.29, 0.717) is 0 Å². The summed E-state index contributed by atoms with van der Waals surface area (Å²) in [5.41, 5.74) is 0.847. The van der Waals surface area contributed by atoms with Crippen LogP contribution in [0, 0.1) is 6.92 Å². The standard InChI is InChI=1S/C9H12BrNO4S2/c1-6-5-8(16-9(6)10)17(14,15)11(2)4-3-7(12)13/h5H,3-4H2,1-2H3,(H,12,13). The Kier molecular flexibility index (Phi) is 4.70. The van der Waals surface area contributed by atoms with E-state index in [2.05, 4.69) is 15.9 Å². The van der Waals surface area contributed by atoms with Gasteiger partial charge in [-0.25, -0.2) is 8.42 Å². The molecule has 0 spiro atoms. The Morgan fingerprint density at radius 3 is 2.59 bits per heavy atom. The first-order valence-corrected chi connectivity index (χ1v) is 7.74. The van der Waals surface area contributed by atoms with Crippen LogP contribution in [0.2, 0.25) is 0 Å². The zero-order valence-corrected chi connectivity index (χ0v) is 12.5. The second-order valence-electron chi connectivity index (χ2n) is 3.49. The minimum Gasteiger partial charge on any atom is -0.481 e. The van der Waals surface area contributed by atoms with Crippen molar-refractivity contribution in [1.29, 1.82) is 0 Å². The second-order valence-corrected chi connectivity index (χ2v) is 8.13. The number of nitrogens with zero attached hydrogens (tertiary/aromatic N) is 1. The molecule has 1 aromatic rings. The molecule has 0 bridgehead atoms. The van der Waals surface area contributed by atoms with Crippen LogP contribution in [-0.4, -0.2) is 37.4 Å². The molecule has 0 atom stereocenters. The highest BCUT2D eigenvalue weighted by Gasteiger charge is 2.23. The molecule has 0 saturated heterocycles. The van der Waals surface area contributed by atoms with Gasteiger partial charge in [-0.3, -0.25) is 4.79 Å². The predicted octanol–water partition coefficient (Wildman–Crippen LogP) is 1.91. The van der Waals surface area contributed by atoms with E-state index in [1.807, 2.05) is 0 Å². The first kappa shape index (κ1) is 14.6. The Labute approximate surface area is 112 Å². The number of thiophene rings is 1. The Morgan fingerprint density at radius 1 is 1.59 bits per heavy atom. The van der Waals surface area contributed by atoms with Crippen molar-refractivity contribution >= 4 is 43.3 Å². The maximum atomic E-state index is 12.0. The van der Waals surface area contributed by atoms with Crippen molar-refractivity contribution in [2.75, 3.05) is 13.6 Å². The first-order valence-electron chi connectivity index (χ1n) is 4.69. The Hall–Kier alpha value is -0.440. The highest BCUT2D eigenvalue weighted by Crippen LogP contribution is 2.31. The van der Waals surface area contributed by atoms with Gasteiger partial charge < -0.3 is 5.11 Å². The van der Waals surface area contributed by atoms with Gasteiger partial charge in [0.2, 0.25) is 0 Å². The molecule has 96 valence electrons. The number of carbonyl (C=O) groups is 1. The van der Waals surface area contributed by atoms with Crippen LogP contribution in [0.4, 0.5) is 0 Å². The van der Waals surface area contributed by atoms with Gasteiger partial charge in [-0.2, -0.15) is 4.31 Å². The number of carboxylic acids is 1. The predicted molar refractivity (Wildman–Crippen MR) is 68.8 cm³/mol. The zero-order valence-electron chi connectivity index (χ0n) is 9.31. The number of halogens is 1. The van der Waals surface area contributed by atoms with Crippen LogP contribution < -0.4 is 0 Å². The Morgan fingerprint density at radius 2 is 2.18 bits per heavy atom. The van der Waals surface area contributed by atoms with Crippen molar-refractivity contribution in [3.8, 4) is 0 Å².